The van der Waals surface area contributed by atoms with Gasteiger partial charge in [0.25, 0.3) is 0 Å². The fraction of sp³-hybridized carbons (Fsp3) is 0.889. The molecule has 2 heterocycles. The summed E-state index contributed by atoms with van der Waals surface area (Å²) in [5.74, 6) is 2.58. The van der Waals surface area contributed by atoms with Crippen LogP contribution in [0.1, 0.15) is 52.4 Å². The highest BCUT2D eigenvalue weighted by atomic mass is 127. The monoisotopic (exact) mass is 482 g/mol. The molecule has 0 aliphatic carbocycles. The van der Waals surface area contributed by atoms with Gasteiger partial charge in [0.2, 0.25) is 5.91 Å². The van der Waals surface area contributed by atoms with Crippen molar-refractivity contribution in [1.29, 1.82) is 0 Å². The standard InChI is InChI=1S/C18H34N4OS.HI/c1-3-16-15-22(13-14-24-16)18(19-4-2)20-10-8-12-21-11-7-5-6-9-17(21)23;/h16H,3-15H2,1-2H3,(H,19,20);1H. The number of nitrogens with one attached hydrogen (secondary N) is 1. The predicted octanol–water partition coefficient (Wildman–Crippen LogP) is 3.19. The van der Waals surface area contributed by atoms with Gasteiger partial charge in [-0.2, -0.15) is 11.8 Å². The summed E-state index contributed by atoms with van der Waals surface area (Å²) in [7, 11) is 0. The first-order chi connectivity index (χ1) is 11.7. The summed E-state index contributed by atoms with van der Waals surface area (Å²) in [6.07, 6.45) is 6.31. The number of amides is 1. The van der Waals surface area contributed by atoms with E-state index in [1.54, 1.807) is 0 Å². The number of carbonyl (C=O) groups excluding carboxylic acids is 1. The number of hydrogen-bond donors (Lipinski definition) is 1. The number of aliphatic imine (C=N–C) groups is 1. The van der Waals surface area contributed by atoms with Crippen LogP contribution in [-0.2, 0) is 4.79 Å². The second kappa shape index (κ2) is 13.1. The van der Waals surface area contributed by atoms with Crippen LogP contribution in [0.3, 0.4) is 0 Å². The minimum atomic E-state index is 0. The number of likely N-dealkylation sites (tertiary alicyclic amines) is 1. The number of guanidine groups is 1. The van der Waals surface area contributed by atoms with Crippen LogP contribution < -0.4 is 5.32 Å². The summed E-state index contributed by atoms with van der Waals surface area (Å²) < 4.78 is 0. The first-order valence-electron chi connectivity index (χ1n) is 9.67. The maximum absolute atomic E-state index is 12.0. The normalized spacial score (nSPS) is 22.4. The summed E-state index contributed by atoms with van der Waals surface area (Å²) in [5.41, 5.74) is 0. The molecule has 1 atom stereocenters. The van der Waals surface area contributed by atoms with Crippen LogP contribution >= 0.6 is 35.7 Å². The van der Waals surface area contributed by atoms with E-state index in [0.717, 1.165) is 76.2 Å². The molecule has 0 spiro atoms. The molecular weight excluding hydrogens is 447 g/mol. The summed E-state index contributed by atoms with van der Waals surface area (Å²) in [5, 5.41) is 4.16. The maximum atomic E-state index is 12.0. The van der Waals surface area contributed by atoms with E-state index in [0.29, 0.717) is 5.91 Å². The van der Waals surface area contributed by atoms with Crippen molar-refractivity contribution in [3.05, 3.63) is 0 Å². The molecule has 2 saturated heterocycles. The highest BCUT2D eigenvalue weighted by Gasteiger charge is 2.21. The van der Waals surface area contributed by atoms with Crippen molar-refractivity contribution in [2.75, 3.05) is 45.0 Å². The Kier molecular flexibility index (Phi) is 11.9. The van der Waals surface area contributed by atoms with Crippen molar-refractivity contribution in [1.82, 2.24) is 15.1 Å². The lowest BCUT2D eigenvalue weighted by Gasteiger charge is -2.34. The van der Waals surface area contributed by atoms with Crippen LogP contribution in [0, 0.1) is 0 Å². The van der Waals surface area contributed by atoms with E-state index in [1.165, 1.54) is 18.6 Å². The van der Waals surface area contributed by atoms with Crippen molar-refractivity contribution in [2.24, 2.45) is 4.99 Å². The number of rotatable bonds is 6. The average Bonchev–Trinajstić information content (AvgIpc) is 2.82. The Morgan fingerprint density at radius 2 is 2.12 bits per heavy atom. The van der Waals surface area contributed by atoms with Crippen molar-refractivity contribution >= 4 is 47.6 Å². The average molecular weight is 482 g/mol. The first-order valence-corrected chi connectivity index (χ1v) is 10.7. The third-order valence-electron chi connectivity index (χ3n) is 4.75. The number of halogens is 1. The molecule has 0 aromatic heterocycles. The number of nitrogens with zero attached hydrogens (tertiary/aromatic N) is 3. The van der Waals surface area contributed by atoms with E-state index >= 15 is 0 Å². The van der Waals surface area contributed by atoms with Gasteiger partial charge in [-0.05, 0) is 32.6 Å². The molecule has 5 nitrogen and oxygen atoms in total. The van der Waals surface area contributed by atoms with E-state index < -0.39 is 0 Å². The second-order valence-electron chi connectivity index (χ2n) is 6.63. The van der Waals surface area contributed by atoms with Gasteiger partial charge in [-0.1, -0.05) is 13.3 Å². The van der Waals surface area contributed by atoms with Gasteiger partial charge in [-0.25, -0.2) is 0 Å². The van der Waals surface area contributed by atoms with E-state index in [-0.39, 0.29) is 24.0 Å². The van der Waals surface area contributed by atoms with Crippen molar-refractivity contribution < 1.29 is 4.79 Å². The molecule has 0 aromatic carbocycles. The predicted molar refractivity (Wildman–Crippen MR) is 119 cm³/mol. The van der Waals surface area contributed by atoms with E-state index in [1.807, 2.05) is 4.90 Å². The van der Waals surface area contributed by atoms with Crippen LogP contribution in [0.5, 0.6) is 0 Å². The van der Waals surface area contributed by atoms with E-state index in [2.05, 4.69) is 35.8 Å². The molecule has 0 radical (unpaired) electrons. The van der Waals surface area contributed by atoms with Gasteiger partial charge in [0.1, 0.15) is 0 Å². The van der Waals surface area contributed by atoms with Crippen LogP contribution in [0.2, 0.25) is 0 Å². The lowest BCUT2D eigenvalue weighted by molar-refractivity contribution is -0.130. The minimum absolute atomic E-state index is 0. The SMILES string of the molecule is CCNC(=NCCCN1CCCCCC1=O)N1CCSC(CC)C1.I. The van der Waals surface area contributed by atoms with Crippen molar-refractivity contribution in [2.45, 2.75) is 57.6 Å². The third-order valence-corrected chi connectivity index (χ3v) is 6.12. The first kappa shape index (κ1) is 22.9. The van der Waals surface area contributed by atoms with Gasteiger partial charge in [0, 0.05) is 56.7 Å². The van der Waals surface area contributed by atoms with Crippen molar-refractivity contribution in [3.8, 4) is 0 Å². The van der Waals surface area contributed by atoms with Crippen LogP contribution in [0.4, 0.5) is 0 Å². The van der Waals surface area contributed by atoms with Crippen LogP contribution in [-0.4, -0.2) is 71.9 Å². The molecule has 2 fully saturated rings. The smallest absolute Gasteiger partial charge is 0.222 e. The molecule has 0 aromatic rings. The highest BCUT2D eigenvalue weighted by molar-refractivity contribution is 14.0. The van der Waals surface area contributed by atoms with Gasteiger partial charge in [-0.3, -0.25) is 9.79 Å². The topological polar surface area (TPSA) is 47.9 Å². The Bertz CT molecular complexity index is 422. The zero-order valence-electron chi connectivity index (χ0n) is 15.8. The fourth-order valence-electron chi connectivity index (χ4n) is 3.31. The molecule has 2 aliphatic heterocycles. The summed E-state index contributed by atoms with van der Waals surface area (Å²) in [4.78, 5) is 21.3. The molecule has 1 amide bonds. The molecule has 7 heteroatoms. The van der Waals surface area contributed by atoms with E-state index in [4.69, 9.17) is 4.99 Å². The third kappa shape index (κ3) is 7.93. The largest absolute Gasteiger partial charge is 0.357 e. The lowest BCUT2D eigenvalue weighted by Crippen LogP contribution is -2.48. The van der Waals surface area contributed by atoms with Gasteiger partial charge in [0.05, 0.1) is 0 Å². The van der Waals surface area contributed by atoms with Crippen molar-refractivity contribution in [3.63, 3.8) is 0 Å². The molecular formula is C18H35IN4OS. The molecule has 25 heavy (non-hydrogen) atoms. The Labute approximate surface area is 174 Å². The molecule has 0 saturated carbocycles. The fourth-order valence-corrected chi connectivity index (χ4v) is 4.49. The zero-order valence-corrected chi connectivity index (χ0v) is 19.0. The Morgan fingerprint density at radius 1 is 1.28 bits per heavy atom. The van der Waals surface area contributed by atoms with Crippen LogP contribution in [0.15, 0.2) is 4.99 Å². The van der Waals surface area contributed by atoms with Gasteiger partial charge in [0.15, 0.2) is 5.96 Å². The quantitative estimate of drug-likeness (QED) is 0.274. The molecule has 0 bridgehead atoms. The van der Waals surface area contributed by atoms with Gasteiger partial charge >= 0.3 is 0 Å². The Balaban J connectivity index is 0.00000312. The van der Waals surface area contributed by atoms with Gasteiger partial charge in [-0.15, -0.1) is 24.0 Å². The van der Waals surface area contributed by atoms with Gasteiger partial charge < -0.3 is 15.1 Å². The lowest BCUT2D eigenvalue weighted by atomic mass is 10.2. The summed E-state index contributed by atoms with van der Waals surface area (Å²) in [6, 6.07) is 0. The Morgan fingerprint density at radius 3 is 2.88 bits per heavy atom. The Hall–Kier alpha value is -0.180. The highest BCUT2D eigenvalue weighted by Crippen LogP contribution is 2.21. The molecule has 146 valence electrons. The molecule has 1 unspecified atom stereocenters. The molecule has 1 N–H and O–H groups in total. The maximum Gasteiger partial charge on any atom is 0.222 e. The minimum Gasteiger partial charge on any atom is -0.357 e. The number of hydrogen-bond acceptors (Lipinski definition) is 3. The second-order valence-corrected chi connectivity index (χ2v) is 8.04. The zero-order chi connectivity index (χ0) is 17.2. The number of carbonyl (C=O) groups is 1. The van der Waals surface area contributed by atoms with E-state index in [9.17, 15) is 4.79 Å². The summed E-state index contributed by atoms with van der Waals surface area (Å²) >= 11 is 2.08. The molecule has 2 aliphatic rings. The van der Waals surface area contributed by atoms with Crippen LogP contribution in [0.25, 0.3) is 0 Å². The summed E-state index contributed by atoms with van der Waals surface area (Å²) in [6.45, 7) is 10.1. The molecule has 2 rings (SSSR count). The number of thioether (sulfide) groups is 1.